The first kappa shape index (κ1) is 21.1. The summed E-state index contributed by atoms with van der Waals surface area (Å²) in [7, 11) is 2.07. The van der Waals surface area contributed by atoms with Gasteiger partial charge in [-0.05, 0) is 56.8 Å². The average Bonchev–Trinajstić information content (AvgIpc) is 2.66. The van der Waals surface area contributed by atoms with E-state index in [2.05, 4.69) is 50.6 Å². The monoisotopic (exact) mass is 431 g/mol. The van der Waals surface area contributed by atoms with Crippen LogP contribution in [-0.2, 0) is 11.3 Å². The number of carbonyl (C=O) groups is 2. The van der Waals surface area contributed by atoms with Crippen molar-refractivity contribution in [2.24, 2.45) is 0 Å². The van der Waals surface area contributed by atoms with Crippen LogP contribution in [0.25, 0.3) is 0 Å². The van der Waals surface area contributed by atoms with Crippen molar-refractivity contribution in [3.63, 3.8) is 0 Å². The average molecular weight is 432 g/mol. The first-order valence-electron chi connectivity index (χ1n) is 9.02. The fraction of sp³-hybridized carbons (Fsp3) is 0.333. The Hall–Kier alpha value is -2.18. The van der Waals surface area contributed by atoms with Gasteiger partial charge in [-0.1, -0.05) is 46.3 Å². The molecule has 1 unspecified atom stereocenters. The molecule has 144 valence electrons. The summed E-state index contributed by atoms with van der Waals surface area (Å²) in [6, 6.07) is 16.7. The number of nitrogens with one attached hydrogen (secondary N) is 2. The predicted molar refractivity (Wildman–Crippen MR) is 111 cm³/mol. The molecule has 2 N–H and O–H groups in total. The number of nitrogens with zero attached hydrogens (tertiary/aromatic N) is 1. The fourth-order valence-electron chi connectivity index (χ4n) is 2.63. The Morgan fingerprint density at radius 3 is 2.41 bits per heavy atom. The van der Waals surface area contributed by atoms with E-state index in [-0.39, 0.29) is 11.8 Å². The number of carbonyl (C=O) groups excluding carboxylic acids is 2. The molecule has 0 radical (unpaired) electrons. The summed E-state index contributed by atoms with van der Waals surface area (Å²) in [6.07, 6.45) is 0.850. The van der Waals surface area contributed by atoms with Gasteiger partial charge in [0.1, 0.15) is 6.04 Å². The number of hydrogen-bond acceptors (Lipinski definition) is 3. The third kappa shape index (κ3) is 7.53. The normalized spacial score (nSPS) is 11.9. The highest BCUT2D eigenvalue weighted by Gasteiger charge is 2.16. The molecule has 5 nitrogen and oxygen atoms in total. The minimum Gasteiger partial charge on any atom is -0.354 e. The van der Waals surface area contributed by atoms with Gasteiger partial charge >= 0.3 is 0 Å². The van der Waals surface area contributed by atoms with Gasteiger partial charge in [0.15, 0.2) is 0 Å². The van der Waals surface area contributed by atoms with Gasteiger partial charge in [-0.2, -0.15) is 0 Å². The summed E-state index contributed by atoms with van der Waals surface area (Å²) in [5, 5.41) is 5.60. The maximum absolute atomic E-state index is 12.2. The predicted octanol–water partition coefficient (Wildman–Crippen LogP) is 3.21. The highest BCUT2D eigenvalue weighted by Crippen LogP contribution is 2.10. The maximum atomic E-state index is 12.2. The van der Waals surface area contributed by atoms with Gasteiger partial charge in [-0.25, -0.2) is 0 Å². The molecule has 0 aliphatic carbocycles. The Balaban J connectivity index is 1.65. The topological polar surface area (TPSA) is 61.4 Å². The Morgan fingerprint density at radius 2 is 1.74 bits per heavy atom. The molecule has 0 heterocycles. The summed E-state index contributed by atoms with van der Waals surface area (Å²) < 4.78 is 0.905. The molecule has 0 aliphatic rings. The van der Waals surface area contributed by atoms with Crippen molar-refractivity contribution in [1.82, 2.24) is 15.5 Å². The zero-order valence-corrected chi connectivity index (χ0v) is 17.3. The van der Waals surface area contributed by atoms with Gasteiger partial charge in [0.05, 0.1) is 0 Å². The van der Waals surface area contributed by atoms with Crippen LogP contribution in [0.15, 0.2) is 59.1 Å². The van der Waals surface area contributed by atoms with Crippen LogP contribution in [0.5, 0.6) is 0 Å². The summed E-state index contributed by atoms with van der Waals surface area (Å²) in [5.74, 6) is -0.432. The molecule has 2 aromatic carbocycles. The number of amides is 2. The number of halogens is 1. The summed E-state index contributed by atoms with van der Waals surface area (Å²) in [5.41, 5.74) is 1.80. The largest absolute Gasteiger partial charge is 0.354 e. The van der Waals surface area contributed by atoms with Gasteiger partial charge < -0.3 is 15.5 Å². The van der Waals surface area contributed by atoms with Crippen molar-refractivity contribution in [1.29, 1.82) is 0 Å². The zero-order valence-electron chi connectivity index (χ0n) is 15.7. The van der Waals surface area contributed by atoms with Gasteiger partial charge in [-0.15, -0.1) is 0 Å². The molecular formula is C21H26BrN3O2. The quantitative estimate of drug-likeness (QED) is 0.599. The second-order valence-electron chi connectivity index (χ2n) is 6.57. The number of rotatable bonds is 9. The summed E-state index contributed by atoms with van der Waals surface area (Å²) >= 11 is 3.33. The standard InChI is InChI=1S/C21H26BrN3O2/c1-16(24-21(27)18-9-11-19(22)12-10-18)20(26)23-13-6-14-25(2)15-17-7-4-3-5-8-17/h3-5,7-12,16H,6,13-15H2,1-2H3,(H,23,26)(H,24,27). The maximum Gasteiger partial charge on any atom is 0.251 e. The number of hydrogen-bond donors (Lipinski definition) is 2. The third-order valence-electron chi connectivity index (χ3n) is 4.16. The molecule has 0 saturated carbocycles. The van der Waals surface area contributed by atoms with Crippen molar-refractivity contribution in [2.45, 2.75) is 25.9 Å². The lowest BCUT2D eigenvalue weighted by Crippen LogP contribution is -2.45. The third-order valence-corrected chi connectivity index (χ3v) is 4.69. The Labute approximate surface area is 169 Å². The molecule has 6 heteroatoms. The Morgan fingerprint density at radius 1 is 1.07 bits per heavy atom. The molecule has 0 aliphatic heterocycles. The molecule has 2 rings (SSSR count). The minimum absolute atomic E-state index is 0.175. The first-order chi connectivity index (χ1) is 13.0. The van der Waals surface area contributed by atoms with E-state index >= 15 is 0 Å². The fourth-order valence-corrected chi connectivity index (χ4v) is 2.90. The van der Waals surface area contributed by atoms with Crippen LogP contribution in [-0.4, -0.2) is 42.9 Å². The molecule has 1 atom stereocenters. The van der Waals surface area contributed by atoms with Gasteiger partial charge in [0, 0.05) is 23.1 Å². The molecule has 0 spiro atoms. The van der Waals surface area contributed by atoms with Crippen molar-refractivity contribution < 1.29 is 9.59 Å². The van der Waals surface area contributed by atoms with E-state index in [9.17, 15) is 9.59 Å². The van der Waals surface area contributed by atoms with E-state index in [1.165, 1.54) is 5.56 Å². The van der Waals surface area contributed by atoms with E-state index in [0.29, 0.717) is 12.1 Å². The van der Waals surface area contributed by atoms with Crippen LogP contribution in [0, 0.1) is 0 Å². The second kappa shape index (κ2) is 10.8. The molecule has 2 amide bonds. The van der Waals surface area contributed by atoms with E-state index in [0.717, 1.165) is 24.0 Å². The van der Waals surface area contributed by atoms with Gasteiger partial charge in [0.2, 0.25) is 5.91 Å². The SMILES string of the molecule is CC(NC(=O)c1ccc(Br)cc1)C(=O)NCCCN(C)Cc1ccccc1. The summed E-state index contributed by atoms with van der Waals surface area (Å²) in [4.78, 5) is 26.5. The first-order valence-corrected chi connectivity index (χ1v) is 9.81. The summed E-state index contributed by atoms with van der Waals surface area (Å²) in [6.45, 7) is 4.04. The molecule has 2 aromatic rings. The van der Waals surface area contributed by atoms with E-state index in [1.807, 2.05) is 18.2 Å². The van der Waals surface area contributed by atoms with Crippen molar-refractivity contribution in [3.8, 4) is 0 Å². The highest BCUT2D eigenvalue weighted by molar-refractivity contribution is 9.10. The Kier molecular flexibility index (Phi) is 8.48. The van der Waals surface area contributed by atoms with Crippen LogP contribution in [0.3, 0.4) is 0 Å². The van der Waals surface area contributed by atoms with E-state index in [4.69, 9.17) is 0 Å². The van der Waals surface area contributed by atoms with Crippen LogP contribution in [0.1, 0.15) is 29.3 Å². The molecule has 0 aromatic heterocycles. The molecule has 0 saturated heterocycles. The lowest BCUT2D eigenvalue weighted by molar-refractivity contribution is -0.122. The Bertz CT molecular complexity index is 735. The molecule has 0 fully saturated rings. The minimum atomic E-state index is -0.580. The second-order valence-corrected chi connectivity index (χ2v) is 7.49. The van der Waals surface area contributed by atoms with Crippen LogP contribution in [0.2, 0.25) is 0 Å². The van der Waals surface area contributed by atoms with Crippen molar-refractivity contribution >= 4 is 27.7 Å². The molecular weight excluding hydrogens is 406 g/mol. The van der Waals surface area contributed by atoms with Crippen LogP contribution < -0.4 is 10.6 Å². The van der Waals surface area contributed by atoms with E-state index in [1.54, 1.807) is 31.2 Å². The van der Waals surface area contributed by atoms with Crippen LogP contribution in [0.4, 0.5) is 0 Å². The highest BCUT2D eigenvalue weighted by atomic mass is 79.9. The lowest BCUT2D eigenvalue weighted by atomic mass is 10.2. The lowest BCUT2D eigenvalue weighted by Gasteiger charge is -2.18. The van der Waals surface area contributed by atoms with Gasteiger partial charge in [0.25, 0.3) is 5.91 Å². The number of benzene rings is 2. The molecule has 27 heavy (non-hydrogen) atoms. The van der Waals surface area contributed by atoms with Crippen molar-refractivity contribution in [3.05, 3.63) is 70.2 Å². The van der Waals surface area contributed by atoms with E-state index < -0.39 is 6.04 Å². The van der Waals surface area contributed by atoms with Crippen LogP contribution >= 0.6 is 15.9 Å². The smallest absolute Gasteiger partial charge is 0.251 e. The van der Waals surface area contributed by atoms with Gasteiger partial charge in [-0.3, -0.25) is 9.59 Å². The van der Waals surface area contributed by atoms with Crippen molar-refractivity contribution in [2.75, 3.05) is 20.1 Å². The zero-order chi connectivity index (χ0) is 19.6. The molecule has 0 bridgehead atoms.